The minimum Gasteiger partial charge on any atom is -0.456 e. The lowest BCUT2D eigenvalue weighted by atomic mass is 9.98. The fourth-order valence-corrected chi connectivity index (χ4v) is 7.73. The third kappa shape index (κ3) is 3.79. The zero-order chi connectivity index (χ0) is 28.3. The van der Waals surface area contributed by atoms with Gasteiger partial charge in [0.15, 0.2) is 0 Å². The van der Waals surface area contributed by atoms with Gasteiger partial charge in [0.25, 0.3) is 0 Å². The molecule has 0 spiro atoms. The Balaban J connectivity index is 1.31. The molecule has 0 aliphatic carbocycles. The Morgan fingerprint density at radius 3 is 2.02 bits per heavy atom. The lowest BCUT2D eigenvalue weighted by molar-refractivity contribution is 0.669. The van der Waals surface area contributed by atoms with Crippen molar-refractivity contribution in [2.24, 2.45) is 0 Å². The maximum absolute atomic E-state index is 6.34. The van der Waals surface area contributed by atoms with Crippen molar-refractivity contribution in [3.63, 3.8) is 0 Å². The molecule has 0 saturated carbocycles. The molecule has 0 saturated heterocycles. The number of rotatable bonds is 4. The van der Waals surface area contributed by atoms with Crippen LogP contribution in [0.4, 0.5) is 17.1 Å². The van der Waals surface area contributed by atoms with Crippen molar-refractivity contribution >= 4 is 81.3 Å². The molecule has 9 rings (SSSR count). The summed E-state index contributed by atoms with van der Waals surface area (Å²) in [7, 11) is 0. The molecule has 0 fully saturated rings. The normalized spacial score (nSPS) is 11.7. The molecular formula is C40H25NOS. The van der Waals surface area contributed by atoms with E-state index in [1.54, 1.807) is 0 Å². The van der Waals surface area contributed by atoms with E-state index in [2.05, 4.69) is 150 Å². The summed E-state index contributed by atoms with van der Waals surface area (Å²) in [5.74, 6) is 0. The van der Waals surface area contributed by atoms with Crippen LogP contribution in [0.1, 0.15) is 0 Å². The van der Waals surface area contributed by atoms with Crippen LogP contribution in [0.3, 0.4) is 0 Å². The summed E-state index contributed by atoms with van der Waals surface area (Å²) in [5, 5.41) is 7.32. The van der Waals surface area contributed by atoms with Crippen molar-refractivity contribution in [3.05, 3.63) is 152 Å². The summed E-state index contributed by atoms with van der Waals surface area (Å²) in [6.45, 7) is 0. The van der Waals surface area contributed by atoms with Gasteiger partial charge in [-0.25, -0.2) is 0 Å². The third-order valence-electron chi connectivity index (χ3n) is 8.47. The second-order valence-corrected chi connectivity index (χ2v) is 12.0. The van der Waals surface area contributed by atoms with Crippen LogP contribution >= 0.6 is 11.3 Å². The third-order valence-corrected chi connectivity index (χ3v) is 9.68. The van der Waals surface area contributed by atoms with E-state index in [1.807, 2.05) is 17.4 Å². The van der Waals surface area contributed by atoms with Crippen LogP contribution in [0, 0.1) is 0 Å². The summed E-state index contributed by atoms with van der Waals surface area (Å²) < 4.78 is 8.91. The second-order valence-electron chi connectivity index (χ2n) is 10.9. The molecule has 3 heteroatoms. The van der Waals surface area contributed by atoms with E-state index < -0.39 is 0 Å². The number of anilines is 3. The summed E-state index contributed by atoms with van der Waals surface area (Å²) >= 11 is 1.85. The van der Waals surface area contributed by atoms with Crippen molar-refractivity contribution in [2.75, 3.05) is 4.90 Å². The fourth-order valence-electron chi connectivity index (χ4n) is 6.53. The zero-order valence-electron chi connectivity index (χ0n) is 23.2. The van der Waals surface area contributed by atoms with Gasteiger partial charge in [0.05, 0.1) is 21.5 Å². The molecule has 7 aromatic carbocycles. The molecule has 0 bridgehead atoms. The molecule has 9 aromatic rings. The van der Waals surface area contributed by atoms with Gasteiger partial charge in [-0.1, -0.05) is 109 Å². The average molecular weight is 568 g/mol. The maximum atomic E-state index is 6.34. The standard InChI is InChI=1S/C40H25NOS/c1-2-12-29-26(10-1)11-7-15-30(29)27-22-24-28(25-23-27)41(34-17-9-20-37-39(34)33-14-3-5-19-36(33)42-37)35-18-8-16-32-31-13-4-6-21-38(31)43-40(32)35/h1-25H. The smallest absolute Gasteiger partial charge is 0.137 e. The summed E-state index contributed by atoms with van der Waals surface area (Å²) in [6.07, 6.45) is 0. The highest BCUT2D eigenvalue weighted by molar-refractivity contribution is 7.26. The van der Waals surface area contributed by atoms with Crippen LogP contribution in [0.5, 0.6) is 0 Å². The van der Waals surface area contributed by atoms with Gasteiger partial charge in [0.1, 0.15) is 11.2 Å². The molecule has 0 amide bonds. The van der Waals surface area contributed by atoms with Gasteiger partial charge in [0, 0.05) is 26.5 Å². The highest BCUT2D eigenvalue weighted by atomic mass is 32.1. The van der Waals surface area contributed by atoms with E-state index in [0.717, 1.165) is 39.0 Å². The Morgan fingerprint density at radius 2 is 1.12 bits per heavy atom. The lowest BCUT2D eigenvalue weighted by Crippen LogP contribution is -2.10. The molecule has 2 nitrogen and oxygen atoms in total. The molecular weight excluding hydrogens is 543 g/mol. The Morgan fingerprint density at radius 1 is 0.465 bits per heavy atom. The molecule has 0 aliphatic heterocycles. The van der Waals surface area contributed by atoms with Gasteiger partial charge >= 0.3 is 0 Å². The molecule has 0 radical (unpaired) electrons. The zero-order valence-corrected chi connectivity index (χ0v) is 24.0. The lowest BCUT2D eigenvalue weighted by Gasteiger charge is -2.27. The highest BCUT2D eigenvalue weighted by Gasteiger charge is 2.22. The van der Waals surface area contributed by atoms with E-state index in [9.17, 15) is 0 Å². The number of hydrogen-bond acceptors (Lipinski definition) is 3. The van der Waals surface area contributed by atoms with Gasteiger partial charge in [0.2, 0.25) is 0 Å². The molecule has 0 unspecified atom stereocenters. The first-order chi connectivity index (χ1) is 21.3. The van der Waals surface area contributed by atoms with Crippen molar-refractivity contribution in [3.8, 4) is 11.1 Å². The van der Waals surface area contributed by atoms with E-state index in [1.165, 1.54) is 42.1 Å². The highest BCUT2D eigenvalue weighted by Crippen LogP contribution is 2.48. The summed E-state index contributed by atoms with van der Waals surface area (Å²) in [5.41, 5.74) is 7.60. The van der Waals surface area contributed by atoms with Gasteiger partial charge in [-0.2, -0.15) is 0 Å². The van der Waals surface area contributed by atoms with Crippen LogP contribution in [0.2, 0.25) is 0 Å². The Kier molecular flexibility index (Phi) is 5.40. The number of para-hydroxylation sites is 1. The molecule has 0 N–H and O–H groups in total. The van der Waals surface area contributed by atoms with Crippen molar-refractivity contribution in [1.29, 1.82) is 0 Å². The number of benzene rings is 7. The largest absolute Gasteiger partial charge is 0.456 e. The molecule has 0 aliphatic rings. The Hall–Kier alpha value is -5.38. The van der Waals surface area contributed by atoms with Gasteiger partial charge in [-0.3, -0.25) is 0 Å². The minimum atomic E-state index is 0.889. The number of nitrogens with zero attached hydrogens (tertiary/aromatic N) is 1. The SMILES string of the molecule is c1ccc2c(-c3ccc(N(c4cccc5c4sc4ccccc45)c4cccc5oc6ccccc6c45)cc3)cccc2c1. The predicted molar refractivity (Wildman–Crippen MR) is 184 cm³/mol. The number of thiophene rings is 1. The van der Waals surface area contributed by atoms with Crippen molar-refractivity contribution < 1.29 is 4.42 Å². The van der Waals surface area contributed by atoms with Crippen LogP contribution < -0.4 is 4.90 Å². The van der Waals surface area contributed by atoms with Crippen LogP contribution in [0.15, 0.2) is 156 Å². The summed E-state index contributed by atoms with van der Waals surface area (Å²) in [4.78, 5) is 2.41. The quantitative estimate of drug-likeness (QED) is 0.210. The number of fused-ring (bicyclic) bond motifs is 7. The van der Waals surface area contributed by atoms with E-state index in [4.69, 9.17) is 4.42 Å². The first kappa shape index (κ1) is 24.2. The molecule has 2 heterocycles. The van der Waals surface area contributed by atoms with E-state index >= 15 is 0 Å². The topological polar surface area (TPSA) is 16.4 Å². The predicted octanol–water partition coefficient (Wildman–Crippen LogP) is 12.2. The molecule has 2 aromatic heterocycles. The molecule has 202 valence electrons. The monoisotopic (exact) mass is 567 g/mol. The maximum Gasteiger partial charge on any atom is 0.137 e. The number of furan rings is 1. The Bertz CT molecular complexity index is 2460. The van der Waals surface area contributed by atoms with Crippen LogP contribution in [-0.2, 0) is 0 Å². The van der Waals surface area contributed by atoms with Gasteiger partial charge in [-0.15, -0.1) is 11.3 Å². The first-order valence-electron chi connectivity index (χ1n) is 14.5. The average Bonchev–Trinajstić information content (AvgIpc) is 3.64. The second kappa shape index (κ2) is 9.59. The fraction of sp³-hybridized carbons (Fsp3) is 0. The minimum absolute atomic E-state index is 0.889. The van der Waals surface area contributed by atoms with Gasteiger partial charge < -0.3 is 9.32 Å². The van der Waals surface area contributed by atoms with Crippen molar-refractivity contribution in [2.45, 2.75) is 0 Å². The van der Waals surface area contributed by atoms with Crippen LogP contribution in [-0.4, -0.2) is 0 Å². The van der Waals surface area contributed by atoms with Gasteiger partial charge in [-0.05, 0) is 64.4 Å². The molecule has 43 heavy (non-hydrogen) atoms. The van der Waals surface area contributed by atoms with Crippen LogP contribution in [0.25, 0.3) is 64.0 Å². The summed E-state index contributed by atoms with van der Waals surface area (Å²) in [6, 6.07) is 54.2. The first-order valence-corrected chi connectivity index (χ1v) is 15.3. The Labute approximate surface area is 252 Å². The van der Waals surface area contributed by atoms with E-state index in [0.29, 0.717) is 0 Å². The molecule has 0 atom stereocenters. The van der Waals surface area contributed by atoms with E-state index in [-0.39, 0.29) is 0 Å². The van der Waals surface area contributed by atoms with Crippen molar-refractivity contribution in [1.82, 2.24) is 0 Å². The number of hydrogen-bond donors (Lipinski definition) is 0.